The van der Waals surface area contributed by atoms with Crippen molar-refractivity contribution in [3.05, 3.63) is 47.5 Å². The molecule has 0 radical (unpaired) electrons. The van der Waals surface area contributed by atoms with Gasteiger partial charge in [-0.1, -0.05) is 41.6 Å². The van der Waals surface area contributed by atoms with E-state index in [4.69, 9.17) is 0 Å². The summed E-state index contributed by atoms with van der Waals surface area (Å²) in [6, 6.07) is 9.49. The zero-order valence-electron chi connectivity index (χ0n) is 7.73. The van der Waals surface area contributed by atoms with Gasteiger partial charge in [0.05, 0.1) is 5.57 Å². The molecule has 0 N–H and O–H groups in total. The molecule has 70 valence electrons. The molecule has 0 saturated heterocycles. The van der Waals surface area contributed by atoms with Gasteiger partial charge in [0.1, 0.15) is 5.71 Å². The van der Waals surface area contributed by atoms with Gasteiger partial charge >= 0.3 is 5.97 Å². The number of carbonyl (C=O) groups is 1. The second-order valence-electron chi connectivity index (χ2n) is 2.89. The van der Waals surface area contributed by atoms with Crippen molar-refractivity contribution in [2.24, 2.45) is 5.16 Å². The maximum atomic E-state index is 11.2. The largest absolute Gasteiger partial charge is 0.367 e. The first-order chi connectivity index (χ1) is 6.83. The first-order valence-corrected chi connectivity index (χ1v) is 4.34. The van der Waals surface area contributed by atoms with Crippen molar-refractivity contribution in [1.82, 2.24) is 0 Å². The number of hydrogen-bond donors (Lipinski definition) is 0. The molecule has 0 unspecified atom stereocenters. The molecule has 2 rings (SSSR count). The highest BCUT2D eigenvalue weighted by atomic mass is 16.7. The van der Waals surface area contributed by atoms with E-state index in [0.29, 0.717) is 11.3 Å². The minimum absolute atomic E-state index is 0.383. The number of nitrogens with zero attached hydrogens (tertiary/aromatic N) is 1. The number of benzene rings is 1. The van der Waals surface area contributed by atoms with Gasteiger partial charge in [-0.3, -0.25) is 0 Å². The third kappa shape index (κ3) is 1.33. The van der Waals surface area contributed by atoms with Crippen LogP contribution in [-0.4, -0.2) is 11.7 Å². The number of carbonyl (C=O) groups excluding carboxylic acids is 1. The van der Waals surface area contributed by atoms with Crippen molar-refractivity contribution in [3.63, 3.8) is 0 Å². The van der Waals surface area contributed by atoms with Crippen molar-refractivity contribution in [2.45, 2.75) is 6.92 Å². The van der Waals surface area contributed by atoms with Crippen LogP contribution in [0.1, 0.15) is 12.5 Å². The fourth-order valence-corrected chi connectivity index (χ4v) is 1.34. The van der Waals surface area contributed by atoms with E-state index in [1.165, 1.54) is 0 Å². The van der Waals surface area contributed by atoms with Crippen LogP contribution in [0.2, 0.25) is 0 Å². The van der Waals surface area contributed by atoms with Gasteiger partial charge in [-0.25, -0.2) is 4.79 Å². The molecule has 0 aliphatic carbocycles. The second kappa shape index (κ2) is 3.46. The normalized spacial score (nSPS) is 18.2. The van der Waals surface area contributed by atoms with Crippen LogP contribution in [0.5, 0.6) is 0 Å². The Morgan fingerprint density at radius 1 is 1.29 bits per heavy atom. The van der Waals surface area contributed by atoms with E-state index in [1.807, 2.05) is 30.3 Å². The van der Waals surface area contributed by atoms with Crippen LogP contribution >= 0.6 is 0 Å². The summed E-state index contributed by atoms with van der Waals surface area (Å²) in [7, 11) is 0. The number of oxime groups is 1. The highest BCUT2D eigenvalue weighted by Crippen LogP contribution is 2.17. The van der Waals surface area contributed by atoms with Gasteiger partial charge < -0.3 is 4.84 Å². The van der Waals surface area contributed by atoms with Crippen molar-refractivity contribution in [3.8, 4) is 0 Å². The van der Waals surface area contributed by atoms with E-state index in [0.717, 1.165) is 5.56 Å². The minimum atomic E-state index is -0.383. The van der Waals surface area contributed by atoms with E-state index in [2.05, 4.69) is 9.99 Å². The molecule has 3 nitrogen and oxygen atoms in total. The third-order valence-corrected chi connectivity index (χ3v) is 2.03. The van der Waals surface area contributed by atoms with Gasteiger partial charge in [-0.05, 0) is 6.92 Å². The standard InChI is InChI=1S/C11H9NO2/c1-2-9-10(12-14-11(9)13)8-6-4-3-5-7-8/h2-7H,1H3/b9-2-. The highest BCUT2D eigenvalue weighted by Gasteiger charge is 2.25. The topological polar surface area (TPSA) is 38.7 Å². The van der Waals surface area contributed by atoms with E-state index >= 15 is 0 Å². The Labute approximate surface area is 81.7 Å². The molecular formula is C11H9NO2. The molecule has 0 atom stereocenters. The second-order valence-corrected chi connectivity index (χ2v) is 2.89. The zero-order valence-corrected chi connectivity index (χ0v) is 7.73. The Kier molecular flexibility index (Phi) is 2.14. The molecule has 0 aromatic heterocycles. The average Bonchev–Trinajstić information content (AvgIpc) is 2.61. The Bertz CT molecular complexity index is 418. The fraction of sp³-hybridized carbons (Fsp3) is 0.0909. The summed E-state index contributed by atoms with van der Waals surface area (Å²) in [5, 5.41) is 3.74. The molecule has 0 fully saturated rings. The van der Waals surface area contributed by atoms with Gasteiger partial charge in [-0.2, -0.15) is 0 Å². The monoisotopic (exact) mass is 187 g/mol. The molecule has 1 aromatic carbocycles. The molecule has 1 heterocycles. The van der Waals surface area contributed by atoms with Crippen LogP contribution in [0.25, 0.3) is 0 Å². The highest BCUT2D eigenvalue weighted by molar-refractivity contribution is 6.28. The first-order valence-electron chi connectivity index (χ1n) is 4.34. The van der Waals surface area contributed by atoms with Crippen LogP contribution in [-0.2, 0) is 9.63 Å². The maximum absolute atomic E-state index is 11.2. The molecule has 1 aliphatic rings. The van der Waals surface area contributed by atoms with Crippen LogP contribution in [0.3, 0.4) is 0 Å². The summed E-state index contributed by atoms with van der Waals surface area (Å²) < 4.78 is 0. The Balaban J connectivity index is 2.42. The van der Waals surface area contributed by atoms with Crippen LogP contribution < -0.4 is 0 Å². The summed E-state index contributed by atoms with van der Waals surface area (Å²) in [4.78, 5) is 15.8. The smallest absolute Gasteiger partial charge is 0.312 e. The molecule has 0 bridgehead atoms. The number of rotatable bonds is 1. The van der Waals surface area contributed by atoms with Gasteiger partial charge in [0.15, 0.2) is 0 Å². The fourth-order valence-electron chi connectivity index (χ4n) is 1.34. The van der Waals surface area contributed by atoms with Crippen LogP contribution in [0.4, 0.5) is 0 Å². The van der Waals surface area contributed by atoms with Gasteiger partial charge in [0.25, 0.3) is 0 Å². The number of hydrogen-bond acceptors (Lipinski definition) is 3. The average molecular weight is 187 g/mol. The quantitative estimate of drug-likeness (QED) is 0.497. The number of allylic oxidation sites excluding steroid dienone is 1. The molecular weight excluding hydrogens is 178 g/mol. The molecule has 1 aliphatic heterocycles. The van der Waals surface area contributed by atoms with Crippen molar-refractivity contribution in [1.29, 1.82) is 0 Å². The lowest BCUT2D eigenvalue weighted by Gasteiger charge is -1.97. The van der Waals surface area contributed by atoms with E-state index in [9.17, 15) is 4.79 Å². The zero-order chi connectivity index (χ0) is 9.97. The first kappa shape index (κ1) is 8.69. The molecule has 0 spiro atoms. The van der Waals surface area contributed by atoms with E-state index < -0.39 is 0 Å². The van der Waals surface area contributed by atoms with Crippen molar-refractivity contribution < 1.29 is 9.63 Å². The predicted octanol–water partition coefficient (Wildman–Crippen LogP) is 1.89. The van der Waals surface area contributed by atoms with Crippen molar-refractivity contribution >= 4 is 11.7 Å². The van der Waals surface area contributed by atoms with E-state index in [1.54, 1.807) is 13.0 Å². The molecule has 0 amide bonds. The minimum Gasteiger partial charge on any atom is -0.312 e. The van der Waals surface area contributed by atoms with Gasteiger partial charge in [0.2, 0.25) is 0 Å². The Morgan fingerprint density at radius 3 is 2.64 bits per heavy atom. The lowest BCUT2D eigenvalue weighted by molar-refractivity contribution is -0.136. The lowest BCUT2D eigenvalue weighted by atomic mass is 10.0. The summed E-state index contributed by atoms with van der Waals surface area (Å²) in [6.07, 6.45) is 1.71. The summed E-state index contributed by atoms with van der Waals surface area (Å²) in [6.45, 7) is 1.79. The predicted molar refractivity (Wildman–Crippen MR) is 52.8 cm³/mol. The molecule has 1 aromatic rings. The van der Waals surface area contributed by atoms with Gasteiger partial charge in [-0.15, -0.1) is 0 Å². The molecule has 3 heteroatoms. The van der Waals surface area contributed by atoms with Crippen molar-refractivity contribution in [2.75, 3.05) is 0 Å². The van der Waals surface area contributed by atoms with E-state index in [-0.39, 0.29) is 5.97 Å². The Hall–Kier alpha value is -1.90. The summed E-state index contributed by atoms with van der Waals surface area (Å²) in [5.41, 5.74) is 2.03. The third-order valence-electron chi connectivity index (χ3n) is 2.03. The lowest BCUT2D eigenvalue weighted by Crippen LogP contribution is -2.06. The molecule has 14 heavy (non-hydrogen) atoms. The molecule has 0 saturated carbocycles. The Morgan fingerprint density at radius 2 is 2.00 bits per heavy atom. The van der Waals surface area contributed by atoms with Crippen LogP contribution in [0, 0.1) is 0 Å². The van der Waals surface area contributed by atoms with Gasteiger partial charge in [0, 0.05) is 5.56 Å². The SMILES string of the molecule is C/C=C1\C(=O)ON=C1c1ccccc1. The summed E-state index contributed by atoms with van der Waals surface area (Å²) >= 11 is 0. The summed E-state index contributed by atoms with van der Waals surface area (Å²) in [5.74, 6) is -0.383. The maximum Gasteiger partial charge on any atom is 0.367 e. The van der Waals surface area contributed by atoms with Crippen LogP contribution in [0.15, 0.2) is 47.1 Å².